The second kappa shape index (κ2) is 7.40. The van der Waals surface area contributed by atoms with Gasteiger partial charge >= 0.3 is 0 Å². The third kappa shape index (κ3) is 3.93. The van der Waals surface area contributed by atoms with Gasteiger partial charge in [-0.3, -0.25) is 4.99 Å². The fraction of sp³-hybridized carbons (Fsp3) is 0. The van der Waals surface area contributed by atoms with E-state index in [1.54, 1.807) is 18.2 Å². The van der Waals surface area contributed by atoms with E-state index in [0.717, 1.165) is 11.5 Å². The molecule has 0 aliphatic carbocycles. The summed E-state index contributed by atoms with van der Waals surface area (Å²) in [5.41, 5.74) is 0.0895. The number of rotatable bonds is 3. The number of phenolic OH excluding ortho intramolecular Hbond substituents is 2. The second-order valence-electron chi connectivity index (χ2n) is 5.14. The normalized spacial score (nSPS) is 13.5. The summed E-state index contributed by atoms with van der Waals surface area (Å²) in [6.07, 6.45) is 1.26. The molecule has 3 rings (SSSR count). The second-order valence-corrected chi connectivity index (χ2v) is 6.67. The molecule has 8 heteroatoms. The Kier molecular flexibility index (Phi) is 5.68. The summed E-state index contributed by atoms with van der Waals surface area (Å²) in [6, 6.07) is 14.2. The number of aromatic hydroxyl groups is 2. The van der Waals surface area contributed by atoms with Crippen molar-refractivity contribution in [3.63, 3.8) is 0 Å². The third-order valence-electron chi connectivity index (χ3n) is 3.57. The molecule has 0 bridgehead atoms. The first-order chi connectivity index (χ1) is 11.4. The van der Waals surface area contributed by atoms with Gasteiger partial charge in [0.05, 0.1) is 5.30 Å². The van der Waals surface area contributed by atoms with Crippen LogP contribution in [0.5, 0.6) is 11.5 Å². The van der Waals surface area contributed by atoms with Crippen molar-refractivity contribution in [2.45, 2.75) is 0 Å². The summed E-state index contributed by atoms with van der Waals surface area (Å²) in [4.78, 5) is 24.7. The van der Waals surface area contributed by atoms with Crippen molar-refractivity contribution in [3.05, 3.63) is 60.2 Å². The third-order valence-corrected chi connectivity index (χ3v) is 4.54. The van der Waals surface area contributed by atoms with Gasteiger partial charge in [0.1, 0.15) is 17.2 Å². The van der Waals surface area contributed by atoms with Gasteiger partial charge in [-0.05, 0) is 29.0 Å². The van der Waals surface area contributed by atoms with Crippen LogP contribution in [0.3, 0.4) is 0 Å². The molecule has 6 nitrogen and oxygen atoms in total. The summed E-state index contributed by atoms with van der Waals surface area (Å²) in [7, 11) is -4.85. The van der Waals surface area contributed by atoms with Crippen molar-refractivity contribution < 1.29 is 41.6 Å². The fourth-order valence-electron chi connectivity index (χ4n) is 2.43. The quantitative estimate of drug-likeness (QED) is 0.351. The Hall–Kier alpha value is -2.14. The molecule has 0 aromatic heterocycles. The Balaban J connectivity index is 0.00000225. The predicted molar refractivity (Wildman–Crippen MR) is 90.4 cm³/mol. The van der Waals surface area contributed by atoms with Crippen LogP contribution < -0.4 is 10.2 Å². The van der Waals surface area contributed by atoms with Crippen LogP contribution in [0.15, 0.2) is 59.6 Å². The molecule has 0 spiro atoms. The van der Waals surface area contributed by atoms with E-state index in [-0.39, 0.29) is 28.5 Å². The maximum Gasteiger partial charge on any atom is 0.164 e. The minimum absolute atomic E-state index is 0. The maximum absolute atomic E-state index is 11.4. The first-order valence-electron chi connectivity index (χ1n) is 6.99. The SMILES string of the molecule is O=P([O-])(O)c1cccc(O)c1N=Cc1c(O)ccc2ccccc12.[Cu]. The summed E-state index contributed by atoms with van der Waals surface area (Å²) in [5, 5.41) is 21.0. The van der Waals surface area contributed by atoms with Crippen molar-refractivity contribution in [1.82, 2.24) is 0 Å². The number of nitrogens with zero attached hydrogens (tertiary/aromatic N) is 1. The van der Waals surface area contributed by atoms with Crippen molar-refractivity contribution in [2.24, 2.45) is 4.99 Å². The zero-order valence-corrected chi connectivity index (χ0v) is 14.5. The molecule has 25 heavy (non-hydrogen) atoms. The number of hydrogen-bond donors (Lipinski definition) is 3. The van der Waals surface area contributed by atoms with E-state index in [2.05, 4.69) is 4.99 Å². The van der Waals surface area contributed by atoms with E-state index in [9.17, 15) is 24.6 Å². The molecule has 0 aliphatic heterocycles. The number of fused-ring (bicyclic) bond motifs is 1. The Morgan fingerprint density at radius 2 is 1.68 bits per heavy atom. The number of benzene rings is 3. The van der Waals surface area contributed by atoms with Gasteiger partial charge in [-0.25, -0.2) is 0 Å². The van der Waals surface area contributed by atoms with Gasteiger partial charge in [0.2, 0.25) is 0 Å². The van der Waals surface area contributed by atoms with Crippen LogP contribution in [-0.2, 0) is 21.6 Å². The van der Waals surface area contributed by atoms with E-state index in [1.807, 2.05) is 12.1 Å². The van der Waals surface area contributed by atoms with Gasteiger partial charge in [0.15, 0.2) is 7.60 Å². The molecule has 0 aliphatic rings. The molecule has 0 amide bonds. The van der Waals surface area contributed by atoms with Gasteiger partial charge < -0.3 is 24.6 Å². The molecule has 3 aromatic carbocycles. The van der Waals surface area contributed by atoms with E-state index in [0.29, 0.717) is 10.9 Å². The molecule has 0 fully saturated rings. The smallest absolute Gasteiger partial charge is 0.164 e. The van der Waals surface area contributed by atoms with Gasteiger partial charge in [-0.2, -0.15) is 0 Å². The number of para-hydroxylation sites is 1. The molecule has 0 heterocycles. The molecule has 1 radical (unpaired) electrons. The van der Waals surface area contributed by atoms with Crippen molar-refractivity contribution in [1.29, 1.82) is 0 Å². The standard InChI is InChI=1S/C17H14NO5P.Cu/c19-14-9-8-11-4-1-2-5-12(11)13(14)10-18-17-15(20)6-3-7-16(17)24(21,22)23;/h1-10,19-20H,(H2,21,22,23);/p-1. The molecule has 3 aromatic rings. The molecule has 1 atom stereocenters. The molecule has 1 unspecified atom stereocenters. The van der Waals surface area contributed by atoms with E-state index in [1.165, 1.54) is 24.4 Å². The van der Waals surface area contributed by atoms with Crippen LogP contribution in [0.2, 0.25) is 0 Å². The summed E-state index contributed by atoms with van der Waals surface area (Å²) in [5.74, 6) is -0.433. The number of phenols is 2. The van der Waals surface area contributed by atoms with Gasteiger partial charge in [0.25, 0.3) is 0 Å². The topological polar surface area (TPSA) is 113 Å². The van der Waals surface area contributed by atoms with Crippen molar-refractivity contribution >= 4 is 35.6 Å². The van der Waals surface area contributed by atoms with E-state index >= 15 is 0 Å². The van der Waals surface area contributed by atoms with Gasteiger partial charge in [-0.15, -0.1) is 0 Å². The summed E-state index contributed by atoms with van der Waals surface area (Å²) in [6.45, 7) is 0. The van der Waals surface area contributed by atoms with Crippen LogP contribution in [0.25, 0.3) is 10.8 Å². The molecule has 3 N–H and O–H groups in total. The summed E-state index contributed by atoms with van der Waals surface area (Å²) >= 11 is 0. The molecule has 0 saturated heterocycles. The predicted octanol–water partition coefficient (Wildman–Crippen LogP) is 2.17. The molecule has 0 saturated carbocycles. The Morgan fingerprint density at radius 1 is 0.960 bits per heavy atom. The number of aliphatic imine (C=N–C) groups is 1. The monoisotopic (exact) mass is 405 g/mol. The van der Waals surface area contributed by atoms with Crippen molar-refractivity contribution in [3.8, 4) is 11.5 Å². The molecule has 133 valence electrons. The molecular weight excluding hydrogens is 393 g/mol. The first kappa shape index (κ1) is 19.2. The molecular formula is C17H13CuNO5P-. The Labute approximate surface area is 154 Å². The fourth-order valence-corrected chi connectivity index (χ4v) is 3.14. The van der Waals surface area contributed by atoms with Crippen LogP contribution in [0.4, 0.5) is 5.69 Å². The van der Waals surface area contributed by atoms with Gasteiger partial charge in [-0.1, -0.05) is 36.4 Å². The average molecular weight is 406 g/mol. The Bertz CT molecular complexity index is 999. The minimum atomic E-state index is -4.85. The zero-order chi connectivity index (χ0) is 17.3. The van der Waals surface area contributed by atoms with E-state index in [4.69, 9.17) is 0 Å². The average Bonchev–Trinajstić information content (AvgIpc) is 2.54. The Morgan fingerprint density at radius 3 is 2.40 bits per heavy atom. The zero-order valence-electron chi connectivity index (χ0n) is 12.6. The maximum atomic E-state index is 11.4. The van der Waals surface area contributed by atoms with Crippen LogP contribution in [0.1, 0.15) is 5.56 Å². The van der Waals surface area contributed by atoms with Gasteiger partial charge in [0, 0.05) is 28.8 Å². The van der Waals surface area contributed by atoms with Crippen LogP contribution in [-0.4, -0.2) is 21.3 Å². The van der Waals surface area contributed by atoms with Crippen LogP contribution >= 0.6 is 7.60 Å². The largest absolute Gasteiger partial charge is 0.775 e. The van der Waals surface area contributed by atoms with E-state index < -0.39 is 18.6 Å². The first-order valence-corrected chi connectivity index (χ1v) is 8.57. The minimum Gasteiger partial charge on any atom is -0.775 e. The summed E-state index contributed by atoms with van der Waals surface area (Å²) < 4.78 is 11.4. The van der Waals surface area contributed by atoms with Crippen molar-refractivity contribution in [2.75, 3.05) is 0 Å². The van der Waals surface area contributed by atoms with Crippen LogP contribution in [0, 0.1) is 0 Å². The number of hydrogen-bond acceptors (Lipinski definition) is 5.